The van der Waals surface area contributed by atoms with Crippen molar-refractivity contribution in [3.05, 3.63) is 0 Å². The fourth-order valence-corrected chi connectivity index (χ4v) is 1.57. The highest BCUT2D eigenvalue weighted by Gasteiger charge is 2.21. The van der Waals surface area contributed by atoms with Gasteiger partial charge in [0.15, 0.2) is 0 Å². The number of hydrogen-bond acceptors (Lipinski definition) is 0. The van der Waals surface area contributed by atoms with Crippen LogP contribution in [0.2, 0.25) is 0 Å². The molecule has 1 heteroatoms. The average Bonchev–Trinajstić information content (AvgIpc) is 1.98. The maximum atomic E-state index is 13.2. The van der Waals surface area contributed by atoms with Crippen molar-refractivity contribution in [3.63, 3.8) is 0 Å². The quantitative estimate of drug-likeness (QED) is 0.573. The zero-order valence-corrected chi connectivity index (χ0v) is 8.23. The Morgan fingerprint density at radius 2 is 1.73 bits per heavy atom. The van der Waals surface area contributed by atoms with Crippen LogP contribution in [0, 0.1) is 11.8 Å². The van der Waals surface area contributed by atoms with Gasteiger partial charge in [-0.25, -0.2) is 4.39 Å². The topological polar surface area (TPSA) is 0 Å². The molecule has 0 aromatic carbocycles. The highest BCUT2D eigenvalue weighted by Crippen LogP contribution is 2.25. The standard InChI is InChI=1S/C10H21F/c1-5-7-9(8(3)4)10(11)6-2/h8-10H,5-7H2,1-4H3. The molecule has 2 atom stereocenters. The number of hydrogen-bond donors (Lipinski definition) is 0. The van der Waals surface area contributed by atoms with Crippen molar-refractivity contribution in [2.45, 2.75) is 53.1 Å². The summed E-state index contributed by atoms with van der Waals surface area (Å²) >= 11 is 0. The van der Waals surface area contributed by atoms with Gasteiger partial charge in [0, 0.05) is 0 Å². The first-order valence-corrected chi connectivity index (χ1v) is 4.77. The minimum Gasteiger partial charge on any atom is -0.247 e. The summed E-state index contributed by atoms with van der Waals surface area (Å²) < 4.78 is 13.2. The highest BCUT2D eigenvalue weighted by molar-refractivity contribution is 4.70. The van der Waals surface area contributed by atoms with Crippen molar-refractivity contribution in [1.82, 2.24) is 0 Å². The van der Waals surface area contributed by atoms with Crippen LogP contribution in [0.5, 0.6) is 0 Å². The van der Waals surface area contributed by atoms with E-state index < -0.39 is 6.17 Å². The summed E-state index contributed by atoms with van der Waals surface area (Å²) in [5.41, 5.74) is 0. The lowest BCUT2D eigenvalue weighted by Crippen LogP contribution is -2.20. The summed E-state index contributed by atoms with van der Waals surface area (Å²) in [7, 11) is 0. The smallest absolute Gasteiger partial charge is 0.103 e. The molecule has 0 spiro atoms. The molecule has 2 unspecified atom stereocenters. The van der Waals surface area contributed by atoms with Crippen LogP contribution in [-0.4, -0.2) is 6.17 Å². The van der Waals surface area contributed by atoms with Gasteiger partial charge in [0.05, 0.1) is 0 Å². The zero-order chi connectivity index (χ0) is 8.85. The molecule has 0 bridgehead atoms. The van der Waals surface area contributed by atoms with Crippen molar-refractivity contribution < 1.29 is 4.39 Å². The molecule has 0 aliphatic rings. The molecular formula is C10H21F. The van der Waals surface area contributed by atoms with Crippen molar-refractivity contribution in [2.24, 2.45) is 11.8 Å². The molecule has 0 aliphatic heterocycles. The minimum absolute atomic E-state index is 0.282. The number of rotatable bonds is 5. The lowest BCUT2D eigenvalue weighted by molar-refractivity contribution is 0.164. The van der Waals surface area contributed by atoms with Gasteiger partial charge in [-0.2, -0.15) is 0 Å². The Balaban J connectivity index is 3.87. The monoisotopic (exact) mass is 160 g/mol. The van der Waals surface area contributed by atoms with Crippen molar-refractivity contribution in [1.29, 1.82) is 0 Å². The Labute approximate surface area is 70.2 Å². The van der Waals surface area contributed by atoms with E-state index in [1.807, 2.05) is 6.92 Å². The molecule has 0 nitrogen and oxygen atoms in total. The van der Waals surface area contributed by atoms with Gasteiger partial charge in [0.25, 0.3) is 0 Å². The van der Waals surface area contributed by atoms with Crippen LogP contribution in [0.1, 0.15) is 47.0 Å². The summed E-state index contributed by atoms with van der Waals surface area (Å²) in [6.07, 6.45) is 2.22. The Morgan fingerprint density at radius 1 is 1.18 bits per heavy atom. The second-order valence-corrected chi connectivity index (χ2v) is 3.62. The van der Waals surface area contributed by atoms with Crippen LogP contribution in [0.25, 0.3) is 0 Å². The third-order valence-corrected chi connectivity index (χ3v) is 2.33. The lowest BCUT2D eigenvalue weighted by Gasteiger charge is -2.23. The minimum atomic E-state index is -0.588. The lowest BCUT2D eigenvalue weighted by atomic mass is 9.86. The molecular weight excluding hydrogens is 139 g/mol. The first-order valence-electron chi connectivity index (χ1n) is 4.77. The van der Waals surface area contributed by atoms with Crippen molar-refractivity contribution in [2.75, 3.05) is 0 Å². The molecule has 0 aromatic rings. The maximum Gasteiger partial charge on any atom is 0.103 e. The van der Waals surface area contributed by atoms with Gasteiger partial charge < -0.3 is 0 Å². The molecule has 11 heavy (non-hydrogen) atoms. The summed E-state index contributed by atoms with van der Waals surface area (Å²) in [6, 6.07) is 0. The van der Waals surface area contributed by atoms with E-state index in [0.29, 0.717) is 12.3 Å². The molecule has 0 saturated heterocycles. The Hall–Kier alpha value is -0.0700. The predicted octanol–water partition coefficient (Wildman–Crippen LogP) is 3.81. The average molecular weight is 160 g/mol. The van der Waals surface area contributed by atoms with Gasteiger partial charge in [-0.1, -0.05) is 34.1 Å². The number of halogens is 1. The molecule has 0 saturated carbocycles. The zero-order valence-electron chi connectivity index (χ0n) is 8.23. The maximum absolute atomic E-state index is 13.2. The van der Waals surface area contributed by atoms with E-state index in [1.54, 1.807) is 0 Å². The summed E-state index contributed by atoms with van der Waals surface area (Å²) in [5.74, 6) is 0.773. The molecule has 0 radical (unpaired) electrons. The third kappa shape index (κ3) is 3.74. The van der Waals surface area contributed by atoms with E-state index in [2.05, 4.69) is 20.8 Å². The second-order valence-electron chi connectivity index (χ2n) is 3.62. The largest absolute Gasteiger partial charge is 0.247 e. The summed E-state index contributed by atoms with van der Waals surface area (Å²) in [4.78, 5) is 0. The molecule has 0 aliphatic carbocycles. The van der Waals surface area contributed by atoms with E-state index in [1.165, 1.54) is 0 Å². The van der Waals surface area contributed by atoms with Crippen LogP contribution in [0.15, 0.2) is 0 Å². The normalized spacial score (nSPS) is 16.9. The van der Waals surface area contributed by atoms with Gasteiger partial charge >= 0.3 is 0 Å². The van der Waals surface area contributed by atoms with Crippen LogP contribution in [-0.2, 0) is 0 Å². The van der Waals surface area contributed by atoms with E-state index in [9.17, 15) is 4.39 Å². The van der Waals surface area contributed by atoms with E-state index in [4.69, 9.17) is 0 Å². The number of alkyl halides is 1. The molecule has 0 amide bonds. The van der Waals surface area contributed by atoms with E-state index >= 15 is 0 Å². The first kappa shape index (κ1) is 10.9. The molecule has 68 valence electrons. The van der Waals surface area contributed by atoms with E-state index in [0.717, 1.165) is 12.8 Å². The van der Waals surface area contributed by atoms with Crippen LogP contribution in [0.4, 0.5) is 4.39 Å². The third-order valence-electron chi connectivity index (χ3n) is 2.33. The van der Waals surface area contributed by atoms with Crippen molar-refractivity contribution in [3.8, 4) is 0 Å². The molecule has 0 N–H and O–H groups in total. The van der Waals surface area contributed by atoms with Gasteiger partial charge in [-0.3, -0.25) is 0 Å². The second kappa shape index (κ2) is 5.56. The highest BCUT2D eigenvalue weighted by atomic mass is 19.1. The Morgan fingerprint density at radius 3 is 2.00 bits per heavy atom. The summed E-state index contributed by atoms with van der Waals surface area (Å²) in [5, 5.41) is 0. The molecule has 0 heterocycles. The Bertz CT molecular complexity index is 88.9. The Kier molecular flexibility index (Phi) is 5.53. The van der Waals surface area contributed by atoms with Gasteiger partial charge in [-0.15, -0.1) is 0 Å². The fourth-order valence-electron chi connectivity index (χ4n) is 1.57. The van der Waals surface area contributed by atoms with Gasteiger partial charge in [0.2, 0.25) is 0 Å². The van der Waals surface area contributed by atoms with Crippen LogP contribution >= 0.6 is 0 Å². The fraction of sp³-hybridized carbons (Fsp3) is 1.00. The van der Waals surface area contributed by atoms with Crippen LogP contribution in [0.3, 0.4) is 0 Å². The summed E-state index contributed by atoms with van der Waals surface area (Å²) in [6.45, 7) is 8.28. The predicted molar refractivity (Wildman–Crippen MR) is 48.4 cm³/mol. The van der Waals surface area contributed by atoms with Crippen molar-refractivity contribution >= 4 is 0 Å². The molecule has 0 fully saturated rings. The molecule has 0 aromatic heterocycles. The molecule has 0 rings (SSSR count). The first-order chi connectivity index (χ1) is 5.13. The van der Waals surface area contributed by atoms with Gasteiger partial charge in [0.1, 0.15) is 6.17 Å². The van der Waals surface area contributed by atoms with E-state index in [-0.39, 0.29) is 5.92 Å². The SMILES string of the molecule is CCCC(C(C)C)C(F)CC. The van der Waals surface area contributed by atoms with Crippen LogP contribution < -0.4 is 0 Å². The van der Waals surface area contributed by atoms with Gasteiger partial charge in [-0.05, 0) is 24.7 Å².